The van der Waals surface area contributed by atoms with Gasteiger partial charge in [0, 0.05) is 5.56 Å². The van der Waals surface area contributed by atoms with Crippen molar-refractivity contribution in [3.63, 3.8) is 0 Å². The van der Waals surface area contributed by atoms with E-state index in [1.165, 1.54) is 6.07 Å². The van der Waals surface area contributed by atoms with E-state index >= 15 is 0 Å². The SMILES string of the molecule is CNCc1oc2c(Br)ccc(F)c2c1CC(C)C. The van der Waals surface area contributed by atoms with Crippen LogP contribution in [-0.4, -0.2) is 7.05 Å². The molecule has 98 valence electrons. The summed E-state index contributed by atoms with van der Waals surface area (Å²) < 4.78 is 20.6. The topological polar surface area (TPSA) is 25.2 Å². The number of fused-ring (bicyclic) bond motifs is 1. The molecule has 1 heterocycles. The van der Waals surface area contributed by atoms with Crippen LogP contribution in [0.5, 0.6) is 0 Å². The zero-order chi connectivity index (χ0) is 13.3. The maximum absolute atomic E-state index is 14.0. The van der Waals surface area contributed by atoms with Gasteiger partial charge in [0.15, 0.2) is 5.58 Å². The van der Waals surface area contributed by atoms with Gasteiger partial charge in [0.2, 0.25) is 0 Å². The predicted octanol–water partition coefficient (Wildman–Crippen LogP) is 4.25. The summed E-state index contributed by atoms with van der Waals surface area (Å²) in [6.07, 6.45) is 0.817. The van der Waals surface area contributed by atoms with E-state index in [2.05, 4.69) is 35.1 Å². The van der Waals surface area contributed by atoms with E-state index in [0.717, 1.165) is 22.2 Å². The summed E-state index contributed by atoms with van der Waals surface area (Å²) in [4.78, 5) is 0. The van der Waals surface area contributed by atoms with Crippen molar-refractivity contribution in [1.29, 1.82) is 0 Å². The average molecular weight is 314 g/mol. The lowest BCUT2D eigenvalue weighted by Crippen LogP contribution is -2.07. The highest BCUT2D eigenvalue weighted by atomic mass is 79.9. The molecule has 0 spiro atoms. The summed E-state index contributed by atoms with van der Waals surface area (Å²) >= 11 is 3.42. The van der Waals surface area contributed by atoms with E-state index in [1.54, 1.807) is 6.07 Å². The Bertz CT molecular complexity index is 562. The normalized spacial score (nSPS) is 11.7. The fourth-order valence-electron chi connectivity index (χ4n) is 2.17. The molecule has 0 aliphatic carbocycles. The first kappa shape index (κ1) is 13.6. The third kappa shape index (κ3) is 2.45. The second kappa shape index (κ2) is 5.41. The molecular formula is C14H17BrFNO. The molecule has 0 amide bonds. The van der Waals surface area contributed by atoms with Crippen LogP contribution in [0.15, 0.2) is 21.0 Å². The van der Waals surface area contributed by atoms with Gasteiger partial charge < -0.3 is 9.73 Å². The van der Waals surface area contributed by atoms with Gasteiger partial charge in [-0.3, -0.25) is 0 Å². The van der Waals surface area contributed by atoms with Crippen LogP contribution in [0, 0.1) is 11.7 Å². The number of halogens is 2. The second-order valence-electron chi connectivity index (χ2n) is 4.87. The number of hydrogen-bond donors (Lipinski definition) is 1. The van der Waals surface area contributed by atoms with Crippen LogP contribution < -0.4 is 5.32 Å². The lowest BCUT2D eigenvalue weighted by Gasteiger charge is -2.06. The lowest BCUT2D eigenvalue weighted by molar-refractivity contribution is 0.515. The molecule has 2 rings (SSSR count). The monoisotopic (exact) mass is 313 g/mol. The fourth-order valence-corrected chi connectivity index (χ4v) is 2.58. The van der Waals surface area contributed by atoms with Gasteiger partial charge >= 0.3 is 0 Å². The van der Waals surface area contributed by atoms with Crippen molar-refractivity contribution >= 4 is 26.9 Å². The van der Waals surface area contributed by atoms with Crippen LogP contribution in [0.4, 0.5) is 4.39 Å². The average Bonchev–Trinajstić information content (AvgIpc) is 2.64. The van der Waals surface area contributed by atoms with E-state index in [1.807, 2.05) is 7.05 Å². The minimum Gasteiger partial charge on any atom is -0.458 e. The van der Waals surface area contributed by atoms with Crippen molar-refractivity contribution in [2.45, 2.75) is 26.8 Å². The molecule has 4 heteroatoms. The molecule has 1 aromatic heterocycles. The van der Waals surface area contributed by atoms with Gasteiger partial charge in [-0.05, 0) is 47.4 Å². The Labute approximate surface area is 115 Å². The van der Waals surface area contributed by atoms with Crippen LogP contribution in [0.1, 0.15) is 25.2 Å². The maximum Gasteiger partial charge on any atom is 0.151 e. The number of nitrogens with one attached hydrogen (secondary N) is 1. The zero-order valence-electron chi connectivity index (χ0n) is 10.8. The Hall–Kier alpha value is -0.870. The van der Waals surface area contributed by atoms with Crippen LogP contribution in [0.3, 0.4) is 0 Å². The molecule has 0 radical (unpaired) electrons. The summed E-state index contributed by atoms with van der Waals surface area (Å²) in [6, 6.07) is 3.17. The molecule has 18 heavy (non-hydrogen) atoms. The van der Waals surface area contributed by atoms with Gasteiger partial charge in [-0.25, -0.2) is 4.39 Å². The zero-order valence-corrected chi connectivity index (χ0v) is 12.4. The summed E-state index contributed by atoms with van der Waals surface area (Å²) in [5.41, 5.74) is 1.59. The molecule has 1 N–H and O–H groups in total. The van der Waals surface area contributed by atoms with Crippen LogP contribution in [0.25, 0.3) is 11.0 Å². The van der Waals surface area contributed by atoms with Gasteiger partial charge in [-0.2, -0.15) is 0 Å². The number of benzene rings is 1. The van der Waals surface area contributed by atoms with Crippen molar-refractivity contribution in [2.75, 3.05) is 7.05 Å². The van der Waals surface area contributed by atoms with E-state index in [0.29, 0.717) is 23.4 Å². The van der Waals surface area contributed by atoms with Crippen LogP contribution in [0.2, 0.25) is 0 Å². The summed E-state index contributed by atoms with van der Waals surface area (Å²) in [6.45, 7) is 4.86. The first-order chi connectivity index (χ1) is 8.54. The smallest absolute Gasteiger partial charge is 0.151 e. The minimum absolute atomic E-state index is 0.213. The largest absolute Gasteiger partial charge is 0.458 e. The molecule has 2 aromatic rings. The highest BCUT2D eigenvalue weighted by Crippen LogP contribution is 2.34. The van der Waals surface area contributed by atoms with Crippen molar-refractivity contribution in [3.05, 3.63) is 33.7 Å². The molecule has 0 atom stereocenters. The number of furan rings is 1. The summed E-state index contributed by atoms with van der Waals surface area (Å²) in [5, 5.41) is 3.68. The van der Waals surface area contributed by atoms with Gasteiger partial charge in [0.05, 0.1) is 16.4 Å². The number of rotatable bonds is 4. The lowest BCUT2D eigenvalue weighted by atomic mass is 9.99. The quantitative estimate of drug-likeness (QED) is 0.912. The molecule has 0 saturated carbocycles. The minimum atomic E-state index is -0.213. The summed E-state index contributed by atoms with van der Waals surface area (Å²) in [5.74, 6) is 1.07. The molecule has 0 aliphatic heterocycles. The molecule has 1 aromatic carbocycles. The standard InChI is InChI=1S/C14H17BrFNO/c1-8(2)6-9-12(7-17-3)18-14-10(15)4-5-11(16)13(9)14/h4-5,8,17H,6-7H2,1-3H3. The van der Waals surface area contributed by atoms with Gasteiger partial charge in [0.1, 0.15) is 11.6 Å². The summed E-state index contributed by atoms with van der Waals surface area (Å²) in [7, 11) is 1.86. The van der Waals surface area contributed by atoms with Gasteiger partial charge in [-0.15, -0.1) is 0 Å². The third-order valence-corrected chi connectivity index (χ3v) is 3.50. The highest BCUT2D eigenvalue weighted by molar-refractivity contribution is 9.10. The molecule has 0 bridgehead atoms. The molecular weight excluding hydrogens is 297 g/mol. The Kier molecular flexibility index (Phi) is 4.07. The number of hydrogen-bond acceptors (Lipinski definition) is 2. The Morgan fingerprint density at radius 1 is 1.39 bits per heavy atom. The Morgan fingerprint density at radius 2 is 2.11 bits per heavy atom. The molecule has 2 nitrogen and oxygen atoms in total. The highest BCUT2D eigenvalue weighted by Gasteiger charge is 2.19. The molecule has 0 aliphatic rings. The fraction of sp³-hybridized carbons (Fsp3) is 0.429. The maximum atomic E-state index is 14.0. The van der Waals surface area contributed by atoms with Gasteiger partial charge in [-0.1, -0.05) is 13.8 Å². The van der Waals surface area contributed by atoms with Crippen molar-refractivity contribution in [2.24, 2.45) is 5.92 Å². The van der Waals surface area contributed by atoms with Crippen LogP contribution >= 0.6 is 15.9 Å². The molecule has 0 unspecified atom stereocenters. The Balaban J connectivity index is 2.68. The van der Waals surface area contributed by atoms with E-state index in [9.17, 15) is 4.39 Å². The Morgan fingerprint density at radius 3 is 2.72 bits per heavy atom. The van der Waals surface area contributed by atoms with Crippen molar-refractivity contribution in [3.8, 4) is 0 Å². The second-order valence-corrected chi connectivity index (χ2v) is 5.72. The predicted molar refractivity (Wildman–Crippen MR) is 75.2 cm³/mol. The van der Waals surface area contributed by atoms with E-state index < -0.39 is 0 Å². The van der Waals surface area contributed by atoms with Crippen molar-refractivity contribution in [1.82, 2.24) is 5.32 Å². The van der Waals surface area contributed by atoms with Gasteiger partial charge in [0.25, 0.3) is 0 Å². The van der Waals surface area contributed by atoms with E-state index in [4.69, 9.17) is 4.42 Å². The van der Waals surface area contributed by atoms with E-state index in [-0.39, 0.29) is 5.82 Å². The third-order valence-electron chi connectivity index (χ3n) is 2.87. The first-order valence-electron chi connectivity index (χ1n) is 6.07. The molecule has 0 saturated heterocycles. The molecule has 0 fully saturated rings. The first-order valence-corrected chi connectivity index (χ1v) is 6.86. The van der Waals surface area contributed by atoms with Crippen LogP contribution in [-0.2, 0) is 13.0 Å². The van der Waals surface area contributed by atoms with Crippen molar-refractivity contribution < 1.29 is 8.81 Å².